The molecule has 2 heterocycles. The van der Waals surface area contributed by atoms with Crippen molar-refractivity contribution in [1.82, 2.24) is 14.9 Å². The third kappa shape index (κ3) is 4.87. The van der Waals surface area contributed by atoms with Crippen molar-refractivity contribution in [3.8, 4) is 0 Å². The van der Waals surface area contributed by atoms with E-state index in [9.17, 15) is 4.79 Å². The van der Waals surface area contributed by atoms with Crippen molar-refractivity contribution in [2.24, 2.45) is 11.3 Å². The van der Waals surface area contributed by atoms with Crippen LogP contribution >= 0.6 is 0 Å². The Balaban J connectivity index is 0.000000376. The summed E-state index contributed by atoms with van der Waals surface area (Å²) in [5.41, 5.74) is 1.98. The van der Waals surface area contributed by atoms with Crippen LogP contribution in [0, 0.1) is 11.3 Å². The highest BCUT2D eigenvalue weighted by Crippen LogP contribution is 2.57. The van der Waals surface area contributed by atoms with E-state index >= 15 is 0 Å². The minimum atomic E-state index is 0.204. The van der Waals surface area contributed by atoms with Crippen molar-refractivity contribution >= 4 is 12.0 Å². The van der Waals surface area contributed by atoms with Gasteiger partial charge in [-0.2, -0.15) is 0 Å². The lowest BCUT2D eigenvalue weighted by atomic mass is 9.54. The van der Waals surface area contributed by atoms with Crippen LogP contribution in [0.15, 0.2) is 12.4 Å². The number of hydrogen-bond acceptors (Lipinski definition) is 5. The zero-order valence-corrected chi connectivity index (χ0v) is 17.5. The minimum absolute atomic E-state index is 0.204. The van der Waals surface area contributed by atoms with Crippen LogP contribution in [0.25, 0.3) is 0 Å². The van der Waals surface area contributed by atoms with E-state index in [-0.39, 0.29) is 5.92 Å². The number of piperazine rings is 1. The Kier molecular flexibility index (Phi) is 6.51. The van der Waals surface area contributed by atoms with Gasteiger partial charge >= 0.3 is 0 Å². The normalized spacial score (nSPS) is 22.2. The van der Waals surface area contributed by atoms with Gasteiger partial charge < -0.3 is 9.69 Å². The fourth-order valence-electron chi connectivity index (χ4n) is 4.42. The first-order valence-electron chi connectivity index (χ1n) is 10.7. The van der Waals surface area contributed by atoms with Gasteiger partial charge in [-0.1, -0.05) is 34.1 Å². The molecule has 3 fully saturated rings. The second kappa shape index (κ2) is 8.68. The van der Waals surface area contributed by atoms with Crippen molar-refractivity contribution in [1.29, 1.82) is 0 Å². The molecule has 1 aromatic heterocycles. The van der Waals surface area contributed by atoms with E-state index in [4.69, 9.17) is 0 Å². The van der Waals surface area contributed by atoms with Crippen LogP contribution in [-0.2, 0) is 4.79 Å². The lowest BCUT2D eigenvalue weighted by molar-refractivity contribution is -0.110. The van der Waals surface area contributed by atoms with Crippen molar-refractivity contribution < 1.29 is 4.79 Å². The molecule has 150 valence electrons. The molecule has 2 saturated carbocycles. The number of carbonyl (C=O) groups excluding carboxylic acids is 1. The summed E-state index contributed by atoms with van der Waals surface area (Å²) in [4.78, 5) is 23.7. The molecule has 0 aromatic carbocycles. The summed E-state index contributed by atoms with van der Waals surface area (Å²) < 4.78 is 0. The van der Waals surface area contributed by atoms with Crippen LogP contribution in [0.5, 0.6) is 0 Å². The van der Waals surface area contributed by atoms with Gasteiger partial charge in [0, 0.05) is 44.1 Å². The van der Waals surface area contributed by atoms with Crippen LogP contribution in [-0.4, -0.2) is 53.4 Å². The smallest absolute Gasteiger partial charge is 0.130 e. The van der Waals surface area contributed by atoms with Crippen molar-refractivity contribution in [3.63, 3.8) is 0 Å². The zero-order chi connectivity index (χ0) is 19.4. The molecule has 1 aliphatic heterocycles. The Bertz CT molecular complexity index is 593. The topological polar surface area (TPSA) is 49.3 Å². The number of anilines is 1. The molecule has 0 radical (unpaired) electrons. The maximum Gasteiger partial charge on any atom is 0.130 e. The molecule has 4 rings (SSSR count). The van der Waals surface area contributed by atoms with E-state index in [2.05, 4.69) is 33.6 Å². The molecule has 5 heteroatoms. The van der Waals surface area contributed by atoms with E-state index in [1.54, 1.807) is 0 Å². The first-order valence-corrected chi connectivity index (χ1v) is 10.7. The Labute approximate surface area is 164 Å². The molecule has 1 aromatic rings. The number of hydrogen-bond donors (Lipinski definition) is 0. The second-order valence-electron chi connectivity index (χ2n) is 9.27. The van der Waals surface area contributed by atoms with Crippen molar-refractivity contribution in [3.05, 3.63) is 18.2 Å². The first kappa shape index (κ1) is 20.2. The van der Waals surface area contributed by atoms with Gasteiger partial charge in [0.2, 0.25) is 0 Å². The molecule has 0 atom stereocenters. The third-order valence-electron chi connectivity index (χ3n) is 6.39. The molecule has 0 bridgehead atoms. The van der Waals surface area contributed by atoms with E-state index in [0.717, 1.165) is 36.7 Å². The fourth-order valence-corrected chi connectivity index (χ4v) is 4.42. The molecule has 27 heavy (non-hydrogen) atoms. The van der Waals surface area contributed by atoms with Crippen molar-refractivity contribution in [2.45, 2.75) is 71.8 Å². The minimum Gasteiger partial charge on any atom is -0.366 e. The Morgan fingerprint density at radius 3 is 2.00 bits per heavy atom. The molecular formula is C22H36N4O. The van der Waals surface area contributed by atoms with E-state index < -0.39 is 0 Å². The summed E-state index contributed by atoms with van der Waals surface area (Å²) in [6, 6.07) is 0.877. The van der Waals surface area contributed by atoms with Crippen LogP contribution in [0.3, 0.4) is 0 Å². The van der Waals surface area contributed by atoms with Crippen LogP contribution in [0.4, 0.5) is 5.69 Å². The van der Waals surface area contributed by atoms with Gasteiger partial charge in [-0.15, -0.1) is 0 Å². The highest BCUT2D eigenvalue weighted by molar-refractivity contribution is 5.51. The van der Waals surface area contributed by atoms with Gasteiger partial charge in [-0.05, 0) is 31.1 Å². The Morgan fingerprint density at radius 1 is 1.04 bits per heavy atom. The van der Waals surface area contributed by atoms with Gasteiger partial charge in [-0.3, -0.25) is 4.90 Å². The molecule has 0 N–H and O–H groups in total. The number of aldehydes is 1. The monoisotopic (exact) mass is 372 g/mol. The SMILES string of the molecule is CC(C)C=O.CC(C)c1ncc(N2CCN(C3CC4(CCC4)C3)CC2)cn1. The van der Waals surface area contributed by atoms with Gasteiger partial charge in [0.1, 0.15) is 12.1 Å². The molecule has 2 aliphatic carbocycles. The number of carbonyl (C=O) groups is 1. The van der Waals surface area contributed by atoms with Gasteiger partial charge in [0.25, 0.3) is 0 Å². The number of nitrogens with zero attached hydrogens (tertiary/aromatic N) is 4. The molecule has 1 saturated heterocycles. The summed E-state index contributed by atoms with van der Waals surface area (Å²) >= 11 is 0. The van der Waals surface area contributed by atoms with Gasteiger partial charge in [0.15, 0.2) is 0 Å². The quantitative estimate of drug-likeness (QED) is 0.750. The number of rotatable bonds is 4. The Hall–Kier alpha value is -1.49. The van der Waals surface area contributed by atoms with Crippen LogP contribution < -0.4 is 4.90 Å². The average Bonchev–Trinajstić information content (AvgIpc) is 2.60. The van der Waals surface area contributed by atoms with Crippen LogP contribution in [0.2, 0.25) is 0 Å². The molecule has 3 aliphatic rings. The zero-order valence-electron chi connectivity index (χ0n) is 17.5. The van der Waals surface area contributed by atoms with E-state index in [0.29, 0.717) is 5.92 Å². The van der Waals surface area contributed by atoms with Crippen molar-refractivity contribution in [2.75, 3.05) is 31.1 Å². The summed E-state index contributed by atoms with van der Waals surface area (Å²) in [6.07, 6.45) is 12.4. The molecule has 5 nitrogen and oxygen atoms in total. The predicted molar refractivity (Wildman–Crippen MR) is 110 cm³/mol. The highest BCUT2D eigenvalue weighted by Gasteiger charge is 2.49. The maximum atomic E-state index is 9.50. The molecule has 0 unspecified atom stereocenters. The van der Waals surface area contributed by atoms with Gasteiger partial charge in [-0.25, -0.2) is 9.97 Å². The lowest BCUT2D eigenvalue weighted by Crippen LogP contribution is -2.58. The Morgan fingerprint density at radius 2 is 1.59 bits per heavy atom. The summed E-state index contributed by atoms with van der Waals surface area (Å²) in [7, 11) is 0. The third-order valence-corrected chi connectivity index (χ3v) is 6.39. The first-order chi connectivity index (χ1) is 12.9. The average molecular weight is 373 g/mol. The fraction of sp³-hybridized carbons (Fsp3) is 0.773. The summed E-state index contributed by atoms with van der Waals surface area (Å²) in [5, 5.41) is 0. The highest BCUT2D eigenvalue weighted by atomic mass is 16.1. The second-order valence-corrected chi connectivity index (χ2v) is 9.27. The molecule has 0 amide bonds. The number of aromatic nitrogens is 2. The summed E-state index contributed by atoms with van der Waals surface area (Å²) in [5.74, 6) is 1.56. The van der Waals surface area contributed by atoms with E-state index in [1.807, 2.05) is 26.2 Å². The van der Waals surface area contributed by atoms with E-state index in [1.165, 1.54) is 50.9 Å². The molecular weight excluding hydrogens is 336 g/mol. The van der Waals surface area contributed by atoms with Crippen LogP contribution in [0.1, 0.15) is 71.5 Å². The predicted octanol–water partition coefficient (Wildman–Crippen LogP) is 3.90. The molecule has 1 spiro atoms. The standard InChI is InChI=1S/C18H28N4.C4H8O/c1-14(2)17-19-12-16(13-20-17)22-8-6-21(7-9-22)15-10-18(11-15)4-3-5-18;1-4(2)3-5/h12-15H,3-11H2,1-2H3;3-4H,1-2H3. The maximum absolute atomic E-state index is 9.50. The summed E-state index contributed by atoms with van der Waals surface area (Å²) in [6.45, 7) is 12.6. The largest absolute Gasteiger partial charge is 0.366 e. The van der Waals surface area contributed by atoms with Gasteiger partial charge in [0.05, 0.1) is 18.1 Å². The lowest BCUT2D eigenvalue weighted by Gasteiger charge is -2.58.